The van der Waals surface area contributed by atoms with Crippen LogP contribution in [0.5, 0.6) is 0 Å². The van der Waals surface area contributed by atoms with Crippen molar-refractivity contribution in [3.63, 3.8) is 0 Å². The van der Waals surface area contributed by atoms with E-state index in [2.05, 4.69) is 29.3 Å². The van der Waals surface area contributed by atoms with Crippen LogP contribution in [0.15, 0.2) is 34.9 Å². The van der Waals surface area contributed by atoms with Crippen molar-refractivity contribution in [2.45, 2.75) is 26.9 Å². The molecule has 0 aliphatic heterocycles. The molecule has 0 atom stereocenters. The fraction of sp³-hybridized carbons (Fsp3) is 0.353. The first-order valence-electron chi connectivity index (χ1n) is 7.13. The summed E-state index contributed by atoms with van der Waals surface area (Å²) in [5, 5.41) is 12.7. The second kappa shape index (κ2) is 6.96. The summed E-state index contributed by atoms with van der Waals surface area (Å²) in [7, 11) is 1.99. The smallest absolute Gasteiger partial charge is 0.105 e. The molecule has 2 aromatic rings. The van der Waals surface area contributed by atoms with Gasteiger partial charge in [-0.05, 0) is 37.2 Å². The Labute approximate surface area is 126 Å². The number of nitrogens with one attached hydrogen (secondary N) is 1. The fourth-order valence-electron chi connectivity index (χ4n) is 2.30. The molecule has 0 aliphatic carbocycles. The van der Waals surface area contributed by atoms with E-state index in [9.17, 15) is 5.26 Å². The van der Waals surface area contributed by atoms with Gasteiger partial charge in [-0.1, -0.05) is 13.0 Å². The third kappa shape index (κ3) is 3.65. The van der Waals surface area contributed by atoms with Crippen LogP contribution in [0.2, 0.25) is 0 Å². The first-order valence-corrected chi connectivity index (χ1v) is 7.13. The number of hydrogen-bond acceptors (Lipinski definition) is 4. The van der Waals surface area contributed by atoms with Gasteiger partial charge in [0.15, 0.2) is 0 Å². The van der Waals surface area contributed by atoms with Gasteiger partial charge in [0, 0.05) is 25.7 Å². The lowest BCUT2D eigenvalue weighted by Crippen LogP contribution is -2.18. The van der Waals surface area contributed by atoms with Gasteiger partial charge in [0.05, 0.1) is 17.5 Å². The molecule has 4 nitrogen and oxygen atoms in total. The van der Waals surface area contributed by atoms with Gasteiger partial charge in [-0.15, -0.1) is 0 Å². The Hall–Kier alpha value is -2.25. The minimum absolute atomic E-state index is 0.703. The van der Waals surface area contributed by atoms with Crippen LogP contribution in [0, 0.1) is 18.3 Å². The molecule has 1 N–H and O–H groups in total. The van der Waals surface area contributed by atoms with E-state index < -0.39 is 0 Å². The Balaban J connectivity index is 2.19. The zero-order valence-electron chi connectivity index (χ0n) is 12.8. The summed E-state index contributed by atoms with van der Waals surface area (Å²) in [5.41, 5.74) is 3.91. The molecule has 21 heavy (non-hydrogen) atoms. The van der Waals surface area contributed by atoms with Gasteiger partial charge in [-0.25, -0.2) is 0 Å². The van der Waals surface area contributed by atoms with Crippen LogP contribution in [-0.2, 0) is 13.1 Å². The Morgan fingerprint density at radius 3 is 2.76 bits per heavy atom. The van der Waals surface area contributed by atoms with E-state index in [1.807, 2.05) is 32.2 Å². The van der Waals surface area contributed by atoms with Crippen molar-refractivity contribution in [1.82, 2.24) is 5.32 Å². The maximum Gasteiger partial charge on any atom is 0.105 e. The van der Waals surface area contributed by atoms with Gasteiger partial charge in [-0.3, -0.25) is 0 Å². The molecular formula is C17H21N3O. The minimum atomic E-state index is 0.703. The SMILES string of the molecule is CCNCc1ccc(N(C)Cc2ccoc2C)c(C#N)c1. The van der Waals surface area contributed by atoms with Crippen molar-refractivity contribution in [3.8, 4) is 6.07 Å². The molecule has 1 heterocycles. The van der Waals surface area contributed by atoms with Crippen LogP contribution in [0.3, 0.4) is 0 Å². The number of anilines is 1. The highest BCUT2D eigenvalue weighted by Gasteiger charge is 2.11. The number of aryl methyl sites for hydroxylation is 1. The third-order valence-corrected chi connectivity index (χ3v) is 3.55. The van der Waals surface area contributed by atoms with Crippen LogP contribution in [-0.4, -0.2) is 13.6 Å². The molecule has 0 saturated heterocycles. The average molecular weight is 283 g/mol. The fourth-order valence-corrected chi connectivity index (χ4v) is 2.30. The molecule has 1 aromatic heterocycles. The van der Waals surface area contributed by atoms with Crippen LogP contribution >= 0.6 is 0 Å². The van der Waals surface area contributed by atoms with E-state index in [4.69, 9.17) is 4.42 Å². The predicted octanol–water partition coefficient (Wildman–Crippen LogP) is 3.21. The molecule has 0 spiro atoms. The summed E-state index contributed by atoms with van der Waals surface area (Å²) < 4.78 is 5.32. The van der Waals surface area contributed by atoms with Gasteiger partial charge in [0.25, 0.3) is 0 Å². The molecule has 0 radical (unpaired) electrons. The van der Waals surface area contributed by atoms with E-state index in [0.717, 1.165) is 42.2 Å². The zero-order chi connectivity index (χ0) is 15.2. The number of furan rings is 1. The monoisotopic (exact) mass is 283 g/mol. The topological polar surface area (TPSA) is 52.2 Å². The lowest BCUT2D eigenvalue weighted by Gasteiger charge is -2.20. The average Bonchev–Trinajstić information content (AvgIpc) is 2.89. The lowest BCUT2D eigenvalue weighted by atomic mass is 10.1. The van der Waals surface area contributed by atoms with Gasteiger partial charge in [-0.2, -0.15) is 5.26 Å². The Morgan fingerprint density at radius 1 is 1.33 bits per heavy atom. The number of rotatable bonds is 6. The number of benzene rings is 1. The highest BCUT2D eigenvalue weighted by molar-refractivity contribution is 5.60. The molecule has 0 bridgehead atoms. The normalized spacial score (nSPS) is 10.4. The number of nitriles is 1. The molecule has 0 amide bonds. The van der Waals surface area contributed by atoms with Crippen LogP contribution in [0.4, 0.5) is 5.69 Å². The van der Waals surface area contributed by atoms with Crippen molar-refractivity contribution in [3.05, 3.63) is 53.0 Å². The second-order valence-electron chi connectivity index (χ2n) is 5.10. The molecule has 0 saturated carbocycles. The van der Waals surface area contributed by atoms with Crippen molar-refractivity contribution in [2.75, 3.05) is 18.5 Å². The molecule has 0 aliphatic rings. The van der Waals surface area contributed by atoms with Gasteiger partial charge in [0.2, 0.25) is 0 Å². The second-order valence-corrected chi connectivity index (χ2v) is 5.10. The quantitative estimate of drug-likeness (QED) is 0.884. The van der Waals surface area contributed by atoms with E-state index in [1.54, 1.807) is 6.26 Å². The predicted molar refractivity (Wildman–Crippen MR) is 84.1 cm³/mol. The lowest BCUT2D eigenvalue weighted by molar-refractivity contribution is 0.529. The van der Waals surface area contributed by atoms with Crippen molar-refractivity contribution in [2.24, 2.45) is 0 Å². The highest BCUT2D eigenvalue weighted by atomic mass is 16.3. The van der Waals surface area contributed by atoms with Crippen molar-refractivity contribution < 1.29 is 4.42 Å². The minimum Gasteiger partial charge on any atom is -0.469 e. The highest BCUT2D eigenvalue weighted by Crippen LogP contribution is 2.23. The maximum absolute atomic E-state index is 9.38. The summed E-state index contributed by atoms with van der Waals surface area (Å²) in [6.45, 7) is 6.46. The summed E-state index contributed by atoms with van der Waals surface area (Å²) in [6, 6.07) is 10.3. The molecule has 2 rings (SSSR count). The number of hydrogen-bond donors (Lipinski definition) is 1. The summed E-state index contributed by atoms with van der Waals surface area (Å²) in [5.74, 6) is 0.920. The van der Waals surface area contributed by atoms with Gasteiger partial charge < -0.3 is 14.6 Å². The molecule has 0 fully saturated rings. The zero-order valence-corrected chi connectivity index (χ0v) is 12.8. The number of nitrogens with zero attached hydrogens (tertiary/aromatic N) is 2. The maximum atomic E-state index is 9.38. The first kappa shape index (κ1) is 15.1. The van der Waals surface area contributed by atoms with Crippen LogP contribution in [0.1, 0.15) is 29.4 Å². The van der Waals surface area contributed by atoms with Crippen LogP contribution < -0.4 is 10.2 Å². The van der Waals surface area contributed by atoms with E-state index in [-0.39, 0.29) is 0 Å². The van der Waals surface area contributed by atoms with Gasteiger partial charge in [0.1, 0.15) is 11.8 Å². The molecule has 0 unspecified atom stereocenters. The largest absolute Gasteiger partial charge is 0.469 e. The van der Waals surface area contributed by atoms with Gasteiger partial charge >= 0.3 is 0 Å². The first-order chi connectivity index (χ1) is 10.2. The Kier molecular flexibility index (Phi) is 5.02. The van der Waals surface area contributed by atoms with E-state index in [1.165, 1.54) is 0 Å². The molecule has 110 valence electrons. The standard InChI is InChI=1S/C17H21N3O/c1-4-19-11-14-5-6-17(16(9-14)10-18)20(3)12-15-7-8-21-13(15)2/h5-9,19H,4,11-12H2,1-3H3. The van der Waals surface area contributed by atoms with Crippen molar-refractivity contribution in [1.29, 1.82) is 5.26 Å². The molecule has 1 aromatic carbocycles. The Bertz CT molecular complexity index is 640. The summed E-state index contributed by atoms with van der Waals surface area (Å²) in [6.07, 6.45) is 1.70. The molecular weight excluding hydrogens is 262 g/mol. The third-order valence-electron chi connectivity index (χ3n) is 3.55. The van der Waals surface area contributed by atoms with Crippen LogP contribution in [0.25, 0.3) is 0 Å². The van der Waals surface area contributed by atoms with Crippen molar-refractivity contribution >= 4 is 5.69 Å². The summed E-state index contributed by atoms with van der Waals surface area (Å²) in [4.78, 5) is 2.08. The van der Waals surface area contributed by atoms with E-state index in [0.29, 0.717) is 5.56 Å². The molecule has 4 heteroatoms. The van der Waals surface area contributed by atoms with E-state index >= 15 is 0 Å². The summed E-state index contributed by atoms with van der Waals surface area (Å²) >= 11 is 0. The Morgan fingerprint density at radius 2 is 2.14 bits per heavy atom.